The van der Waals surface area contributed by atoms with E-state index >= 15 is 0 Å². The van der Waals surface area contributed by atoms with Gasteiger partial charge in [-0.25, -0.2) is 0 Å². The zero-order valence-corrected chi connectivity index (χ0v) is 6.50. The molecule has 1 aliphatic carbocycles. The average molecular weight is 154 g/mol. The van der Waals surface area contributed by atoms with E-state index in [0.717, 1.165) is 6.54 Å². The molecular weight excluding hydrogens is 146 g/mol. The van der Waals surface area contributed by atoms with Crippen LogP contribution in [-0.4, -0.2) is 11.4 Å². The van der Waals surface area contributed by atoms with Crippen molar-refractivity contribution in [2.75, 3.05) is 6.54 Å². The smallest absolute Gasteiger partial charge is 0.142 e. The first-order chi connectivity index (χ1) is 4.66. The Hall–Kier alpha value is -0.610. The molecule has 0 aromatic heterocycles. The standard InChI is InChI=1S/C8H8ClN/c1-7-2-3-8(7,9)4-5-10-6-7/h4-5,10H,6H2,1H3. The lowest BCUT2D eigenvalue weighted by atomic mass is 9.69. The van der Waals surface area contributed by atoms with Crippen LogP contribution in [-0.2, 0) is 0 Å². The van der Waals surface area contributed by atoms with Crippen molar-refractivity contribution < 1.29 is 0 Å². The molecule has 0 radical (unpaired) electrons. The summed E-state index contributed by atoms with van der Waals surface area (Å²) in [6.45, 7) is 2.94. The van der Waals surface area contributed by atoms with E-state index in [2.05, 4.69) is 24.1 Å². The van der Waals surface area contributed by atoms with E-state index in [9.17, 15) is 0 Å². The van der Waals surface area contributed by atoms with Gasteiger partial charge in [-0.3, -0.25) is 0 Å². The zero-order valence-electron chi connectivity index (χ0n) is 5.74. The largest absolute Gasteiger partial charge is 0.389 e. The first-order valence-electron chi connectivity index (χ1n) is 3.31. The van der Waals surface area contributed by atoms with Gasteiger partial charge in [0.05, 0.1) is 5.41 Å². The highest BCUT2D eigenvalue weighted by Gasteiger charge is 2.49. The molecule has 0 bridgehead atoms. The molecule has 2 heteroatoms. The fourth-order valence-corrected chi connectivity index (χ4v) is 1.45. The molecule has 0 saturated heterocycles. The Morgan fingerprint density at radius 2 is 2.40 bits per heavy atom. The number of allylic oxidation sites excluding steroid dienone is 1. The van der Waals surface area contributed by atoms with Crippen molar-refractivity contribution >= 4 is 11.6 Å². The van der Waals surface area contributed by atoms with Gasteiger partial charge in [-0.05, 0) is 19.2 Å². The quantitative estimate of drug-likeness (QED) is 0.406. The van der Waals surface area contributed by atoms with E-state index < -0.39 is 0 Å². The first kappa shape index (κ1) is 6.12. The average Bonchev–Trinajstić information content (AvgIpc) is 1.92. The molecule has 1 nitrogen and oxygen atoms in total. The van der Waals surface area contributed by atoms with Crippen molar-refractivity contribution in [3.8, 4) is 11.8 Å². The molecule has 1 aliphatic heterocycles. The summed E-state index contributed by atoms with van der Waals surface area (Å²) in [5, 5.41) is 3.11. The summed E-state index contributed by atoms with van der Waals surface area (Å²) in [6, 6.07) is 0. The van der Waals surface area contributed by atoms with Crippen LogP contribution >= 0.6 is 11.6 Å². The van der Waals surface area contributed by atoms with Gasteiger partial charge < -0.3 is 5.32 Å². The normalized spacial score (nSPS) is 47.8. The molecule has 0 amide bonds. The second kappa shape index (κ2) is 1.52. The third-order valence-electron chi connectivity index (χ3n) is 2.21. The zero-order chi connectivity index (χ0) is 7.24. The van der Waals surface area contributed by atoms with Gasteiger partial charge in [0, 0.05) is 6.54 Å². The summed E-state index contributed by atoms with van der Waals surface area (Å²) >= 11 is 6.15. The maximum Gasteiger partial charge on any atom is 0.142 e. The lowest BCUT2D eigenvalue weighted by molar-refractivity contribution is 0.357. The maximum atomic E-state index is 6.15. The summed E-state index contributed by atoms with van der Waals surface area (Å²) in [5.74, 6) is 6.02. The molecule has 52 valence electrons. The lowest BCUT2D eigenvalue weighted by Gasteiger charge is -2.43. The molecule has 1 heterocycles. The monoisotopic (exact) mass is 153 g/mol. The second-order valence-corrected chi connectivity index (χ2v) is 3.60. The van der Waals surface area contributed by atoms with Crippen LogP contribution in [0.5, 0.6) is 0 Å². The topological polar surface area (TPSA) is 12.0 Å². The third-order valence-corrected chi connectivity index (χ3v) is 2.85. The van der Waals surface area contributed by atoms with Gasteiger partial charge in [0.15, 0.2) is 0 Å². The highest BCUT2D eigenvalue weighted by Crippen LogP contribution is 2.44. The Morgan fingerprint density at radius 3 is 2.70 bits per heavy atom. The fraction of sp³-hybridized carbons (Fsp3) is 0.500. The van der Waals surface area contributed by atoms with Gasteiger partial charge >= 0.3 is 0 Å². The number of alkyl halides is 1. The third kappa shape index (κ3) is 0.507. The summed E-state index contributed by atoms with van der Waals surface area (Å²) in [6.07, 6.45) is 3.80. The van der Waals surface area contributed by atoms with Crippen LogP contribution in [0.25, 0.3) is 0 Å². The molecule has 0 fully saturated rings. The van der Waals surface area contributed by atoms with Gasteiger partial charge in [-0.2, -0.15) is 0 Å². The van der Waals surface area contributed by atoms with Gasteiger partial charge in [-0.15, -0.1) is 0 Å². The summed E-state index contributed by atoms with van der Waals surface area (Å²) < 4.78 is 0. The van der Waals surface area contributed by atoms with Gasteiger partial charge in [-0.1, -0.05) is 23.4 Å². The summed E-state index contributed by atoms with van der Waals surface area (Å²) in [5.41, 5.74) is -0.0384. The Morgan fingerprint density at radius 1 is 1.60 bits per heavy atom. The van der Waals surface area contributed by atoms with Crippen molar-refractivity contribution in [1.29, 1.82) is 0 Å². The Bertz CT molecular complexity index is 260. The van der Waals surface area contributed by atoms with E-state index in [4.69, 9.17) is 11.6 Å². The molecule has 2 aliphatic rings. The molecule has 0 aromatic carbocycles. The van der Waals surface area contributed by atoms with E-state index in [-0.39, 0.29) is 10.3 Å². The lowest BCUT2D eigenvalue weighted by Crippen LogP contribution is -2.52. The SMILES string of the molecule is CC12C#CC1(Cl)C=CNC2. The Kier molecular flexibility index (Phi) is 0.928. The number of hydrogen-bond acceptors (Lipinski definition) is 1. The number of hydrogen-bond donors (Lipinski definition) is 1. The molecule has 0 saturated carbocycles. The van der Waals surface area contributed by atoms with Crippen molar-refractivity contribution in [1.82, 2.24) is 5.32 Å². The van der Waals surface area contributed by atoms with Crippen molar-refractivity contribution in [2.24, 2.45) is 5.41 Å². The van der Waals surface area contributed by atoms with Gasteiger partial charge in [0.1, 0.15) is 4.87 Å². The number of nitrogens with one attached hydrogen (secondary N) is 1. The number of halogens is 1. The second-order valence-electron chi connectivity index (χ2n) is 3.01. The van der Waals surface area contributed by atoms with E-state index in [1.54, 1.807) is 0 Å². The Balaban J connectivity index is 2.45. The van der Waals surface area contributed by atoms with Gasteiger partial charge in [0.25, 0.3) is 0 Å². The van der Waals surface area contributed by atoms with Crippen LogP contribution in [0.3, 0.4) is 0 Å². The van der Waals surface area contributed by atoms with Crippen molar-refractivity contribution in [3.05, 3.63) is 12.3 Å². The van der Waals surface area contributed by atoms with Crippen LogP contribution in [0, 0.1) is 17.3 Å². The van der Waals surface area contributed by atoms with Crippen LogP contribution in [0.15, 0.2) is 12.3 Å². The molecule has 0 aromatic rings. The molecule has 10 heavy (non-hydrogen) atoms. The minimum absolute atomic E-state index is 0.0384. The van der Waals surface area contributed by atoms with E-state index in [1.807, 2.05) is 12.3 Å². The van der Waals surface area contributed by atoms with Crippen LogP contribution < -0.4 is 5.32 Å². The van der Waals surface area contributed by atoms with E-state index in [1.165, 1.54) is 0 Å². The van der Waals surface area contributed by atoms with Crippen molar-refractivity contribution in [3.63, 3.8) is 0 Å². The number of fused-ring (bicyclic) bond motifs is 1. The minimum atomic E-state index is -0.377. The predicted octanol–water partition coefficient (Wildman–Crippen LogP) is 1.10. The van der Waals surface area contributed by atoms with Crippen LogP contribution in [0.4, 0.5) is 0 Å². The van der Waals surface area contributed by atoms with E-state index in [0.29, 0.717) is 0 Å². The molecule has 1 N–H and O–H groups in total. The van der Waals surface area contributed by atoms with Crippen molar-refractivity contribution in [2.45, 2.75) is 11.8 Å². The van der Waals surface area contributed by atoms with Gasteiger partial charge in [0.2, 0.25) is 0 Å². The highest BCUT2D eigenvalue weighted by molar-refractivity contribution is 6.29. The number of rotatable bonds is 0. The Labute approximate surface area is 65.4 Å². The first-order valence-corrected chi connectivity index (χ1v) is 3.68. The van der Waals surface area contributed by atoms with Crippen LogP contribution in [0.1, 0.15) is 6.92 Å². The fourth-order valence-electron chi connectivity index (χ4n) is 1.23. The molecular formula is C8H8ClN. The minimum Gasteiger partial charge on any atom is -0.389 e. The summed E-state index contributed by atoms with van der Waals surface area (Å²) in [7, 11) is 0. The highest BCUT2D eigenvalue weighted by atomic mass is 35.5. The molecule has 2 atom stereocenters. The predicted molar refractivity (Wildman–Crippen MR) is 41.6 cm³/mol. The molecule has 0 spiro atoms. The van der Waals surface area contributed by atoms with Crippen LogP contribution in [0.2, 0.25) is 0 Å². The molecule has 2 unspecified atom stereocenters. The maximum absolute atomic E-state index is 6.15. The molecule has 2 rings (SSSR count). The summed E-state index contributed by atoms with van der Waals surface area (Å²) in [4.78, 5) is -0.377.